The number of nitrogens with zero attached hydrogens (tertiary/aromatic N) is 3. The number of nitro benzene ring substituents is 1. The van der Waals surface area contributed by atoms with Crippen LogP contribution in [-0.4, -0.2) is 28.9 Å². The highest BCUT2D eigenvalue weighted by Gasteiger charge is 2.11. The molecule has 0 bridgehead atoms. The Kier molecular flexibility index (Phi) is 6.00. The van der Waals surface area contributed by atoms with Crippen LogP contribution in [0.2, 0.25) is 0 Å². The third-order valence-electron chi connectivity index (χ3n) is 4.30. The lowest BCUT2D eigenvalue weighted by molar-refractivity contribution is -0.384. The summed E-state index contributed by atoms with van der Waals surface area (Å²) in [4.78, 5) is 29.4. The number of nitro groups is 1. The van der Waals surface area contributed by atoms with E-state index in [-0.39, 0.29) is 11.6 Å². The SMILES string of the molecule is CCN(CC)c1nc(-c2ccc(NC(=O)c3ccc([N+](=O)[O-])cc3)cc2)cs1. The number of rotatable bonds is 7. The summed E-state index contributed by atoms with van der Waals surface area (Å²) in [6.45, 7) is 6.04. The van der Waals surface area contributed by atoms with Crippen molar-refractivity contribution in [3.05, 3.63) is 69.6 Å². The summed E-state index contributed by atoms with van der Waals surface area (Å²) >= 11 is 1.61. The Balaban J connectivity index is 1.69. The lowest BCUT2D eigenvalue weighted by Gasteiger charge is -2.16. The molecule has 0 spiro atoms. The fraction of sp³-hybridized carbons (Fsp3) is 0.200. The van der Waals surface area contributed by atoms with E-state index >= 15 is 0 Å². The Hall–Kier alpha value is -3.26. The van der Waals surface area contributed by atoms with Gasteiger partial charge in [0.25, 0.3) is 11.6 Å². The zero-order chi connectivity index (χ0) is 20.1. The Morgan fingerprint density at radius 1 is 1.11 bits per heavy atom. The van der Waals surface area contributed by atoms with Crippen LogP contribution in [0.5, 0.6) is 0 Å². The molecule has 1 amide bonds. The van der Waals surface area contributed by atoms with E-state index in [1.54, 1.807) is 11.3 Å². The second-order valence-corrected chi connectivity index (χ2v) is 6.86. The molecule has 28 heavy (non-hydrogen) atoms. The standard InChI is InChI=1S/C20H20N4O3S/c1-3-23(4-2)20-22-18(13-28-20)14-5-9-16(10-6-14)21-19(25)15-7-11-17(12-8-15)24(26)27/h5-13H,3-4H2,1-2H3,(H,21,25). The molecule has 0 unspecified atom stereocenters. The quantitative estimate of drug-likeness (QED) is 0.457. The molecule has 0 saturated carbocycles. The normalized spacial score (nSPS) is 10.5. The lowest BCUT2D eigenvalue weighted by Crippen LogP contribution is -2.21. The third kappa shape index (κ3) is 4.34. The fourth-order valence-corrected chi connectivity index (χ4v) is 3.66. The molecule has 0 saturated heterocycles. The lowest BCUT2D eigenvalue weighted by atomic mass is 10.1. The highest BCUT2D eigenvalue weighted by Crippen LogP contribution is 2.28. The van der Waals surface area contributed by atoms with Gasteiger partial charge in [-0.05, 0) is 38.1 Å². The van der Waals surface area contributed by atoms with Crippen LogP contribution in [-0.2, 0) is 0 Å². The smallest absolute Gasteiger partial charge is 0.269 e. The molecule has 0 aliphatic carbocycles. The second-order valence-electron chi connectivity index (χ2n) is 6.02. The first-order valence-corrected chi connectivity index (χ1v) is 9.76. The van der Waals surface area contributed by atoms with E-state index in [0.29, 0.717) is 11.3 Å². The number of hydrogen-bond acceptors (Lipinski definition) is 6. The third-order valence-corrected chi connectivity index (χ3v) is 5.21. The molecule has 8 heteroatoms. The average Bonchev–Trinajstić information content (AvgIpc) is 3.19. The van der Waals surface area contributed by atoms with Crippen molar-refractivity contribution < 1.29 is 9.72 Å². The molecule has 7 nitrogen and oxygen atoms in total. The molecule has 1 aromatic heterocycles. The van der Waals surface area contributed by atoms with Crippen LogP contribution in [0.4, 0.5) is 16.5 Å². The minimum absolute atomic E-state index is 0.0479. The average molecular weight is 396 g/mol. The van der Waals surface area contributed by atoms with Crippen LogP contribution < -0.4 is 10.2 Å². The highest BCUT2D eigenvalue weighted by atomic mass is 32.1. The van der Waals surface area contributed by atoms with Crippen molar-refractivity contribution in [3.63, 3.8) is 0 Å². The van der Waals surface area contributed by atoms with E-state index in [4.69, 9.17) is 0 Å². The second kappa shape index (κ2) is 8.62. The minimum Gasteiger partial charge on any atom is -0.349 e. The Morgan fingerprint density at radius 2 is 1.75 bits per heavy atom. The maximum Gasteiger partial charge on any atom is 0.269 e. The van der Waals surface area contributed by atoms with E-state index in [0.717, 1.165) is 29.5 Å². The fourth-order valence-electron chi connectivity index (χ4n) is 2.70. The molecule has 1 N–H and O–H groups in total. The number of anilines is 2. The molecule has 0 aliphatic rings. The Morgan fingerprint density at radius 3 is 2.32 bits per heavy atom. The van der Waals surface area contributed by atoms with Crippen molar-refractivity contribution in [1.82, 2.24) is 4.98 Å². The van der Waals surface area contributed by atoms with Crippen molar-refractivity contribution in [2.45, 2.75) is 13.8 Å². The zero-order valence-electron chi connectivity index (χ0n) is 15.6. The first-order valence-electron chi connectivity index (χ1n) is 8.88. The molecule has 0 fully saturated rings. The summed E-state index contributed by atoms with van der Waals surface area (Å²) in [5.41, 5.74) is 2.83. The van der Waals surface area contributed by atoms with Gasteiger partial charge < -0.3 is 10.2 Å². The molecular formula is C20H20N4O3S. The van der Waals surface area contributed by atoms with Crippen molar-refractivity contribution in [2.24, 2.45) is 0 Å². The number of carbonyl (C=O) groups excluding carboxylic acids is 1. The topological polar surface area (TPSA) is 88.4 Å². The molecule has 0 atom stereocenters. The molecule has 1 heterocycles. The number of nitrogens with one attached hydrogen (secondary N) is 1. The van der Waals surface area contributed by atoms with Gasteiger partial charge in [-0.3, -0.25) is 14.9 Å². The Labute approximate surface area is 166 Å². The molecule has 2 aromatic carbocycles. The monoisotopic (exact) mass is 396 g/mol. The molecule has 0 aliphatic heterocycles. The number of benzene rings is 2. The van der Waals surface area contributed by atoms with Crippen LogP contribution in [0.25, 0.3) is 11.3 Å². The summed E-state index contributed by atoms with van der Waals surface area (Å²) in [6, 6.07) is 12.9. The number of hydrogen-bond donors (Lipinski definition) is 1. The van der Waals surface area contributed by atoms with Gasteiger partial charge in [-0.25, -0.2) is 4.98 Å². The van der Waals surface area contributed by atoms with Gasteiger partial charge in [0.05, 0.1) is 10.6 Å². The summed E-state index contributed by atoms with van der Waals surface area (Å²) in [5, 5.41) is 16.5. The van der Waals surface area contributed by atoms with Crippen molar-refractivity contribution >= 4 is 33.8 Å². The minimum atomic E-state index is -0.496. The first-order chi connectivity index (χ1) is 13.5. The van der Waals surface area contributed by atoms with Gasteiger partial charge in [0.1, 0.15) is 0 Å². The van der Waals surface area contributed by atoms with Crippen molar-refractivity contribution in [2.75, 3.05) is 23.3 Å². The maximum atomic E-state index is 12.3. The summed E-state index contributed by atoms with van der Waals surface area (Å²) in [7, 11) is 0. The molecule has 3 aromatic rings. The van der Waals surface area contributed by atoms with Crippen LogP contribution >= 0.6 is 11.3 Å². The van der Waals surface area contributed by atoms with Crippen LogP contribution in [0, 0.1) is 10.1 Å². The van der Waals surface area contributed by atoms with E-state index in [1.165, 1.54) is 24.3 Å². The number of amides is 1. The van der Waals surface area contributed by atoms with Gasteiger partial charge in [0.2, 0.25) is 0 Å². The van der Waals surface area contributed by atoms with Gasteiger partial charge in [-0.2, -0.15) is 0 Å². The molecule has 0 radical (unpaired) electrons. The van der Waals surface area contributed by atoms with Crippen LogP contribution in [0.15, 0.2) is 53.9 Å². The summed E-state index contributed by atoms with van der Waals surface area (Å²) in [5.74, 6) is -0.319. The number of carbonyl (C=O) groups is 1. The molecular weight excluding hydrogens is 376 g/mol. The van der Waals surface area contributed by atoms with Crippen molar-refractivity contribution in [3.8, 4) is 11.3 Å². The number of non-ortho nitro benzene ring substituents is 1. The Bertz CT molecular complexity index is 964. The first kappa shape index (κ1) is 19.5. The highest BCUT2D eigenvalue weighted by molar-refractivity contribution is 7.14. The van der Waals surface area contributed by atoms with E-state index < -0.39 is 4.92 Å². The molecule has 3 rings (SSSR count). The summed E-state index contributed by atoms with van der Waals surface area (Å²) < 4.78 is 0. The van der Waals surface area contributed by atoms with Crippen LogP contribution in [0.1, 0.15) is 24.2 Å². The van der Waals surface area contributed by atoms with Crippen molar-refractivity contribution in [1.29, 1.82) is 0 Å². The van der Waals surface area contributed by atoms with E-state index in [1.807, 2.05) is 29.6 Å². The van der Waals surface area contributed by atoms with Gasteiger partial charge in [0, 0.05) is 47.4 Å². The van der Waals surface area contributed by atoms with Gasteiger partial charge in [-0.1, -0.05) is 12.1 Å². The van der Waals surface area contributed by atoms with Gasteiger partial charge in [-0.15, -0.1) is 11.3 Å². The predicted octanol–water partition coefficient (Wildman–Crippen LogP) is 4.82. The van der Waals surface area contributed by atoms with Gasteiger partial charge in [0.15, 0.2) is 5.13 Å². The van der Waals surface area contributed by atoms with Gasteiger partial charge >= 0.3 is 0 Å². The van der Waals surface area contributed by atoms with Crippen LogP contribution in [0.3, 0.4) is 0 Å². The van der Waals surface area contributed by atoms with E-state index in [9.17, 15) is 14.9 Å². The molecule has 144 valence electrons. The maximum absolute atomic E-state index is 12.3. The number of thiazole rings is 1. The zero-order valence-corrected chi connectivity index (χ0v) is 16.4. The largest absolute Gasteiger partial charge is 0.349 e. The van der Waals surface area contributed by atoms with E-state index in [2.05, 4.69) is 29.0 Å². The predicted molar refractivity (Wildman–Crippen MR) is 112 cm³/mol. The summed E-state index contributed by atoms with van der Waals surface area (Å²) in [6.07, 6.45) is 0. The number of aromatic nitrogens is 1.